The summed E-state index contributed by atoms with van der Waals surface area (Å²) in [6.45, 7) is 1.90. The molecule has 7 heteroatoms. The lowest BCUT2D eigenvalue weighted by molar-refractivity contribution is -0.123. The molecule has 1 aliphatic rings. The van der Waals surface area contributed by atoms with Crippen LogP contribution >= 0.6 is 0 Å². The summed E-state index contributed by atoms with van der Waals surface area (Å²) in [5.41, 5.74) is 6.96. The molecule has 1 aliphatic heterocycles. The maximum atomic E-state index is 11.5. The number of ether oxygens (including phenoxy) is 2. The van der Waals surface area contributed by atoms with Gasteiger partial charge in [-0.05, 0) is 31.9 Å². The standard InChI is InChI=1S/C17H21N4O3/c1-23-12-10-14-13(19-11-12)5-6-16(20-14)24-9-8-21-7-3-2-4-15(21)17(18)22/h2,5-6,10-11,15H,3-4,7-9H2,1H3,(H2,18,22). The molecule has 1 unspecified atom stereocenters. The Bertz CT molecular complexity index is 722. The number of rotatable bonds is 6. The van der Waals surface area contributed by atoms with Gasteiger partial charge in [0.1, 0.15) is 12.4 Å². The van der Waals surface area contributed by atoms with E-state index < -0.39 is 0 Å². The van der Waals surface area contributed by atoms with E-state index in [4.69, 9.17) is 15.2 Å². The Morgan fingerprint density at radius 2 is 2.29 bits per heavy atom. The van der Waals surface area contributed by atoms with Gasteiger partial charge in [0.25, 0.3) is 0 Å². The van der Waals surface area contributed by atoms with E-state index in [0.29, 0.717) is 31.2 Å². The number of fused-ring (bicyclic) bond motifs is 1. The second-order valence-corrected chi connectivity index (χ2v) is 5.68. The van der Waals surface area contributed by atoms with Gasteiger partial charge in [-0.2, -0.15) is 0 Å². The third kappa shape index (κ3) is 3.73. The molecule has 3 rings (SSSR count). The first-order valence-corrected chi connectivity index (χ1v) is 7.96. The van der Waals surface area contributed by atoms with Gasteiger partial charge in [-0.1, -0.05) is 0 Å². The summed E-state index contributed by atoms with van der Waals surface area (Å²) >= 11 is 0. The summed E-state index contributed by atoms with van der Waals surface area (Å²) in [6, 6.07) is 5.23. The normalized spacial score (nSPS) is 18.5. The summed E-state index contributed by atoms with van der Waals surface area (Å²) in [6.07, 6.45) is 5.43. The smallest absolute Gasteiger partial charge is 0.234 e. The van der Waals surface area contributed by atoms with Gasteiger partial charge in [0.15, 0.2) is 0 Å². The predicted molar refractivity (Wildman–Crippen MR) is 89.7 cm³/mol. The van der Waals surface area contributed by atoms with Crippen molar-refractivity contribution in [1.82, 2.24) is 14.9 Å². The Morgan fingerprint density at radius 1 is 1.42 bits per heavy atom. The maximum Gasteiger partial charge on any atom is 0.234 e. The van der Waals surface area contributed by atoms with Crippen molar-refractivity contribution in [2.24, 2.45) is 5.73 Å². The van der Waals surface area contributed by atoms with Crippen LogP contribution in [-0.4, -0.2) is 53.6 Å². The van der Waals surface area contributed by atoms with Crippen LogP contribution in [0.2, 0.25) is 0 Å². The fraction of sp³-hybridized carbons (Fsp3) is 0.412. The molecule has 1 radical (unpaired) electrons. The van der Waals surface area contributed by atoms with E-state index in [-0.39, 0.29) is 11.9 Å². The topological polar surface area (TPSA) is 90.6 Å². The number of likely N-dealkylation sites (tertiary alicyclic amines) is 1. The third-order valence-corrected chi connectivity index (χ3v) is 4.13. The SMILES string of the molecule is COc1cnc2ccc(OCCN3CC[CH]CC3C(N)=O)nc2c1. The Labute approximate surface area is 140 Å². The number of amides is 1. The summed E-state index contributed by atoms with van der Waals surface area (Å²) in [5, 5.41) is 0. The Hall–Kier alpha value is -2.41. The summed E-state index contributed by atoms with van der Waals surface area (Å²) in [7, 11) is 1.59. The highest BCUT2D eigenvalue weighted by Gasteiger charge is 2.26. The summed E-state index contributed by atoms with van der Waals surface area (Å²) < 4.78 is 10.9. The lowest BCUT2D eigenvalue weighted by Crippen LogP contribution is -2.49. The number of carbonyl (C=O) groups is 1. The zero-order valence-electron chi connectivity index (χ0n) is 13.6. The average Bonchev–Trinajstić information content (AvgIpc) is 2.61. The molecule has 2 N–H and O–H groups in total. The number of methoxy groups -OCH3 is 1. The first-order valence-electron chi connectivity index (χ1n) is 7.96. The number of hydrogen-bond acceptors (Lipinski definition) is 6. The molecule has 0 saturated carbocycles. The highest BCUT2D eigenvalue weighted by molar-refractivity contribution is 5.80. The van der Waals surface area contributed by atoms with Crippen LogP contribution in [-0.2, 0) is 4.79 Å². The van der Waals surface area contributed by atoms with Gasteiger partial charge < -0.3 is 15.2 Å². The number of pyridine rings is 2. The molecule has 1 saturated heterocycles. The van der Waals surface area contributed by atoms with E-state index in [2.05, 4.69) is 21.3 Å². The van der Waals surface area contributed by atoms with Crippen LogP contribution in [0.3, 0.4) is 0 Å². The van der Waals surface area contributed by atoms with E-state index >= 15 is 0 Å². The van der Waals surface area contributed by atoms with Crippen LogP contribution in [0.25, 0.3) is 11.0 Å². The molecule has 1 fully saturated rings. The van der Waals surface area contributed by atoms with E-state index in [9.17, 15) is 4.79 Å². The van der Waals surface area contributed by atoms with Gasteiger partial charge in [-0.3, -0.25) is 14.7 Å². The monoisotopic (exact) mass is 329 g/mol. The van der Waals surface area contributed by atoms with Crippen LogP contribution in [0.1, 0.15) is 12.8 Å². The van der Waals surface area contributed by atoms with E-state index in [1.165, 1.54) is 0 Å². The largest absolute Gasteiger partial charge is 0.495 e. The quantitative estimate of drug-likeness (QED) is 0.855. The molecule has 0 bridgehead atoms. The first kappa shape index (κ1) is 16.4. The summed E-state index contributed by atoms with van der Waals surface area (Å²) in [4.78, 5) is 22.3. The Kier molecular flexibility index (Phi) is 5.10. The number of hydrogen-bond donors (Lipinski definition) is 1. The lowest BCUT2D eigenvalue weighted by atomic mass is 10.0. The van der Waals surface area contributed by atoms with Gasteiger partial charge in [0.05, 0.1) is 30.4 Å². The molecule has 1 amide bonds. The number of carbonyl (C=O) groups excluding carboxylic acids is 1. The van der Waals surface area contributed by atoms with E-state index in [1.54, 1.807) is 19.4 Å². The van der Waals surface area contributed by atoms with Crippen molar-refractivity contribution in [3.63, 3.8) is 0 Å². The van der Waals surface area contributed by atoms with Gasteiger partial charge in [0.2, 0.25) is 11.8 Å². The molecular weight excluding hydrogens is 308 g/mol. The third-order valence-electron chi connectivity index (χ3n) is 4.13. The number of nitrogens with zero attached hydrogens (tertiary/aromatic N) is 3. The Balaban J connectivity index is 1.61. The maximum absolute atomic E-state index is 11.5. The zero-order chi connectivity index (χ0) is 16.9. The number of nitrogens with two attached hydrogens (primary N) is 1. The van der Waals surface area contributed by atoms with Crippen molar-refractivity contribution in [3.8, 4) is 11.6 Å². The van der Waals surface area contributed by atoms with Crippen molar-refractivity contribution >= 4 is 16.9 Å². The number of primary amides is 1. The van der Waals surface area contributed by atoms with Crippen LogP contribution in [0.15, 0.2) is 24.4 Å². The van der Waals surface area contributed by atoms with E-state index in [0.717, 1.165) is 24.0 Å². The minimum Gasteiger partial charge on any atom is -0.495 e. The molecular formula is C17H21N4O3. The van der Waals surface area contributed by atoms with Crippen LogP contribution < -0.4 is 15.2 Å². The average molecular weight is 329 g/mol. The highest BCUT2D eigenvalue weighted by atomic mass is 16.5. The second-order valence-electron chi connectivity index (χ2n) is 5.68. The Morgan fingerprint density at radius 3 is 3.08 bits per heavy atom. The van der Waals surface area contributed by atoms with Crippen LogP contribution in [0, 0.1) is 6.42 Å². The number of piperidine rings is 1. The molecule has 0 spiro atoms. The van der Waals surface area contributed by atoms with Gasteiger partial charge >= 0.3 is 0 Å². The van der Waals surface area contributed by atoms with Crippen molar-refractivity contribution in [3.05, 3.63) is 30.8 Å². The molecule has 7 nitrogen and oxygen atoms in total. The molecule has 3 heterocycles. The van der Waals surface area contributed by atoms with Crippen molar-refractivity contribution in [2.45, 2.75) is 18.9 Å². The van der Waals surface area contributed by atoms with Gasteiger partial charge in [0, 0.05) is 18.7 Å². The van der Waals surface area contributed by atoms with E-state index in [1.807, 2.05) is 12.1 Å². The molecule has 127 valence electrons. The number of aromatic nitrogens is 2. The second kappa shape index (κ2) is 7.44. The fourth-order valence-electron chi connectivity index (χ4n) is 2.83. The van der Waals surface area contributed by atoms with Gasteiger partial charge in [-0.25, -0.2) is 4.98 Å². The van der Waals surface area contributed by atoms with Crippen LogP contribution in [0.5, 0.6) is 11.6 Å². The summed E-state index contributed by atoms with van der Waals surface area (Å²) in [5.74, 6) is 0.894. The fourth-order valence-corrected chi connectivity index (χ4v) is 2.83. The molecule has 2 aromatic heterocycles. The highest BCUT2D eigenvalue weighted by Crippen LogP contribution is 2.20. The molecule has 0 aliphatic carbocycles. The van der Waals surface area contributed by atoms with Crippen molar-refractivity contribution in [1.29, 1.82) is 0 Å². The minimum absolute atomic E-state index is 0.236. The van der Waals surface area contributed by atoms with Crippen molar-refractivity contribution < 1.29 is 14.3 Å². The van der Waals surface area contributed by atoms with Gasteiger partial charge in [-0.15, -0.1) is 0 Å². The first-order chi connectivity index (χ1) is 11.7. The molecule has 2 aromatic rings. The molecule has 1 atom stereocenters. The predicted octanol–water partition coefficient (Wildman–Crippen LogP) is 1.17. The van der Waals surface area contributed by atoms with Crippen molar-refractivity contribution in [2.75, 3.05) is 26.8 Å². The van der Waals surface area contributed by atoms with Crippen LogP contribution in [0.4, 0.5) is 0 Å². The molecule has 24 heavy (non-hydrogen) atoms. The minimum atomic E-state index is -0.284. The molecule has 0 aromatic carbocycles. The zero-order valence-corrected chi connectivity index (χ0v) is 13.6. The lowest BCUT2D eigenvalue weighted by Gasteiger charge is -2.33.